The number of nitrogens with two attached hydrogens (primary N) is 1. The molecule has 0 saturated heterocycles. The van der Waals surface area contributed by atoms with Crippen LogP contribution in [-0.2, 0) is 0 Å². The van der Waals surface area contributed by atoms with Crippen molar-refractivity contribution in [3.05, 3.63) is 47.9 Å². The van der Waals surface area contributed by atoms with Crippen molar-refractivity contribution in [2.45, 2.75) is 26.2 Å². The summed E-state index contributed by atoms with van der Waals surface area (Å²) in [4.78, 5) is 8.42. The SMILES string of the molecule is CCC(C)c1ccc(Oc2cnc(C(N)=S)cn2)cc1. The second-order valence-electron chi connectivity index (χ2n) is 4.58. The predicted octanol–water partition coefficient (Wildman–Crippen LogP) is 3.42. The van der Waals surface area contributed by atoms with E-state index >= 15 is 0 Å². The molecule has 1 heterocycles. The molecule has 2 N–H and O–H groups in total. The van der Waals surface area contributed by atoms with Crippen LogP contribution in [-0.4, -0.2) is 15.0 Å². The lowest BCUT2D eigenvalue weighted by Gasteiger charge is -2.10. The molecule has 4 nitrogen and oxygen atoms in total. The Morgan fingerprint density at radius 1 is 1.25 bits per heavy atom. The van der Waals surface area contributed by atoms with Crippen LogP contribution in [0.25, 0.3) is 0 Å². The number of nitrogens with zero attached hydrogens (tertiary/aromatic N) is 2. The van der Waals surface area contributed by atoms with Crippen molar-refractivity contribution in [2.75, 3.05) is 0 Å². The molecule has 0 radical (unpaired) electrons. The van der Waals surface area contributed by atoms with Crippen molar-refractivity contribution in [3.63, 3.8) is 0 Å². The van der Waals surface area contributed by atoms with Gasteiger partial charge >= 0.3 is 0 Å². The summed E-state index contributed by atoms with van der Waals surface area (Å²) in [6.45, 7) is 4.38. The maximum Gasteiger partial charge on any atom is 0.237 e. The zero-order valence-electron chi connectivity index (χ0n) is 11.5. The molecule has 2 rings (SSSR count). The molecule has 0 aliphatic heterocycles. The molecule has 1 aromatic carbocycles. The fourth-order valence-corrected chi connectivity index (χ4v) is 1.82. The maximum absolute atomic E-state index is 5.62. The van der Waals surface area contributed by atoms with Crippen LogP contribution in [0.5, 0.6) is 11.6 Å². The van der Waals surface area contributed by atoms with Crippen LogP contribution >= 0.6 is 12.2 Å². The van der Waals surface area contributed by atoms with Gasteiger partial charge in [0.1, 0.15) is 16.4 Å². The number of hydrogen-bond acceptors (Lipinski definition) is 4. The van der Waals surface area contributed by atoms with Crippen LogP contribution in [0.15, 0.2) is 36.7 Å². The second-order valence-corrected chi connectivity index (χ2v) is 5.02. The first-order valence-electron chi connectivity index (χ1n) is 6.49. The predicted molar refractivity (Wildman–Crippen MR) is 83.1 cm³/mol. The van der Waals surface area contributed by atoms with Gasteiger partial charge in [0.15, 0.2) is 0 Å². The number of rotatable bonds is 5. The van der Waals surface area contributed by atoms with Gasteiger partial charge in [-0.15, -0.1) is 0 Å². The Labute approximate surface area is 124 Å². The van der Waals surface area contributed by atoms with E-state index in [9.17, 15) is 0 Å². The minimum Gasteiger partial charge on any atom is -0.438 e. The summed E-state index contributed by atoms with van der Waals surface area (Å²) >= 11 is 4.82. The third-order valence-corrected chi connectivity index (χ3v) is 3.37. The first-order chi connectivity index (χ1) is 9.60. The highest BCUT2D eigenvalue weighted by Crippen LogP contribution is 2.23. The number of ether oxygens (including phenoxy) is 1. The monoisotopic (exact) mass is 287 g/mol. The summed E-state index contributed by atoms with van der Waals surface area (Å²) in [7, 11) is 0. The topological polar surface area (TPSA) is 61.0 Å². The molecule has 0 fully saturated rings. The molecule has 0 spiro atoms. The van der Waals surface area contributed by atoms with Crippen LogP contribution < -0.4 is 10.5 Å². The van der Waals surface area contributed by atoms with E-state index in [0.717, 1.165) is 12.2 Å². The van der Waals surface area contributed by atoms with Crippen molar-refractivity contribution in [2.24, 2.45) is 5.73 Å². The molecular formula is C15H17N3OS. The minimum atomic E-state index is 0.224. The third-order valence-electron chi connectivity index (χ3n) is 3.16. The molecule has 1 unspecified atom stereocenters. The number of hydrogen-bond donors (Lipinski definition) is 1. The lowest BCUT2D eigenvalue weighted by molar-refractivity contribution is 0.459. The van der Waals surface area contributed by atoms with Crippen molar-refractivity contribution < 1.29 is 4.74 Å². The highest BCUT2D eigenvalue weighted by Gasteiger charge is 2.05. The van der Waals surface area contributed by atoms with Gasteiger partial charge in [0.25, 0.3) is 0 Å². The Bertz CT molecular complexity index is 581. The summed E-state index contributed by atoms with van der Waals surface area (Å²) < 4.78 is 5.62. The van der Waals surface area contributed by atoms with E-state index in [2.05, 4.69) is 35.9 Å². The minimum absolute atomic E-state index is 0.224. The van der Waals surface area contributed by atoms with E-state index in [1.54, 1.807) is 0 Å². The van der Waals surface area contributed by atoms with Gasteiger partial charge in [0.2, 0.25) is 5.88 Å². The van der Waals surface area contributed by atoms with Gasteiger partial charge in [0, 0.05) is 0 Å². The van der Waals surface area contributed by atoms with Crippen molar-refractivity contribution in [1.29, 1.82) is 0 Å². The third kappa shape index (κ3) is 3.51. The summed E-state index contributed by atoms with van der Waals surface area (Å²) in [6, 6.07) is 8.01. The molecule has 5 heteroatoms. The maximum atomic E-state index is 5.62. The Balaban J connectivity index is 2.08. The largest absolute Gasteiger partial charge is 0.438 e. The molecular weight excluding hydrogens is 270 g/mol. The van der Waals surface area contributed by atoms with E-state index in [-0.39, 0.29) is 4.99 Å². The highest BCUT2D eigenvalue weighted by molar-refractivity contribution is 7.80. The Morgan fingerprint density at radius 3 is 2.45 bits per heavy atom. The lowest BCUT2D eigenvalue weighted by Crippen LogP contribution is -2.11. The first kappa shape index (κ1) is 14.4. The van der Waals surface area contributed by atoms with Gasteiger partial charge in [-0.2, -0.15) is 0 Å². The summed E-state index contributed by atoms with van der Waals surface area (Å²) in [6.07, 6.45) is 4.13. The average molecular weight is 287 g/mol. The molecule has 0 saturated carbocycles. The van der Waals surface area contributed by atoms with Crippen molar-refractivity contribution >= 4 is 17.2 Å². The molecule has 0 amide bonds. The standard InChI is InChI=1S/C15H17N3OS/c1-3-10(2)11-4-6-12(7-5-11)19-14-9-17-13(8-18-14)15(16)20/h4-10H,3H2,1-2H3,(H2,16,20). The first-order valence-corrected chi connectivity index (χ1v) is 6.90. The van der Waals surface area contributed by atoms with Crippen LogP contribution in [0.2, 0.25) is 0 Å². The quantitative estimate of drug-likeness (QED) is 0.854. The normalized spacial score (nSPS) is 11.9. The smallest absolute Gasteiger partial charge is 0.237 e. The van der Waals surface area contributed by atoms with Gasteiger partial charge in [-0.25, -0.2) is 9.97 Å². The molecule has 20 heavy (non-hydrogen) atoms. The van der Waals surface area contributed by atoms with E-state index in [4.69, 9.17) is 22.7 Å². The fraction of sp³-hybridized carbons (Fsp3) is 0.267. The van der Waals surface area contributed by atoms with Gasteiger partial charge in [-0.05, 0) is 30.0 Å². The number of benzene rings is 1. The molecule has 1 aromatic heterocycles. The van der Waals surface area contributed by atoms with Crippen molar-refractivity contribution in [1.82, 2.24) is 9.97 Å². The zero-order chi connectivity index (χ0) is 14.5. The lowest BCUT2D eigenvalue weighted by atomic mass is 9.99. The van der Waals surface area contributed by atoms with E-state index in [0.29, 0.717) is 17.5 Å². The summed E-state index contributed by atoms with van der Waals surface area (Å²) in [5, 5.41) is 0. The molecule has 0 bridgehead atoms. The van der Waals surface area contributed by atoms with Crippen LogP contribution in [0.3, 0.4) is 0 Å². The van der Waals surface area contributed by atoms with Gasteiger partial charge in [0.05, 0.1) is 12.4 Å². The van der Waals surface area contributed by atoms with Crippen LogP contribution in [0, 0.1) is 0 Å². The molecule has 1 atom stereocenters. The average Bonchev–Trinajstić information content (AvgIpc) is 2.48. The second kappa shape index (κ2) is 6.43. The van der Waals surface area contributed by atoms with E-state index in [1.165, 1.54) is 18.0 Å². The number of aromatic nitrogens is 2. The van der Waals surface area contributed by atoms with Gasteiger partial charge < -0.3 is 10.5 Å². The zero-order valence-corrected chi connectivity index (χ0v) is 12.4. The fourth-order valence-electron chi connectivity index (χ4n) is 1.72. The Hall–Kier alpha value is -2.01. The summed E-state index contributed by atoms with van der Waals surface area (Å²) in [5.74, 6) is 1.70. The van der Waals surface area contributed by atoms with Gasteiger partial charge in [-0.3, -0.25) is 0 Å². The summed E-state index contributed by atoms with van der Waals surface area (Å²) in [5.41, 5.74) is 7.25. The Kier molecular flexibility index (Phi) is 4.63. The highest BCUT2D eigenvalue weighted by atomic mass is 32.1. The van der Waals surface area contributed by atoms with Crippen LogP contribution in [0.4, 0.5) is 0 Å². The molecule has 0 aliphatic carbocycles. The van der Waals surface area contributed by atoms with E-state index in [1.807, 2.05) is 12.1 Å². The van der Waals surface area contributed by atoms with Gasteiger partial charge in [-0.1, -0.05) is 38.2 Å². The molecule has 104 valence electrons. The Morgan fingerprint density at radius 2 is 1.95 bits per heavy atom. The van der Waals surface area contributed by atoms with Crippen LogP contribution in [0.1, 0.15) is 37.4 Å². The molecule has 0 aliphatic rings. The van der Waals surface area contributed by atoms with Crippen molar-refractivity contribution in [3.8, 4) is 11.6 Å². The number of thiocarbonyl (C=S) groups is 1. The van der Waals surface area contributed by atoms with E-state index < -0.39 is 0 Å². The molecule has 2 aromatic rings.